The standard InChI is InChI=1S/C14H23N5/c15-12-2-4-13(5-3-12)18-8-10-19(11-9-18)14-16-6-1-7-17-14/h1,6-7,12-13H,2-5,8-11,15H2/t12-,13-. The molecule has 1 aliphatic carbocycles. The Hall–Kier alpha value is -1.20. The number of hydrogen-bond donors (Lipinski definition) is 1. The Kier molecular flexibility index (Phi) is 3.94. The van der Waals surface area contributed by atoms with Gasteiger partial charge in [0.1, 0.15) is 0 Å². The van der Waals surface area contributed by atoms with Gasteiger partial charge in [-0.05, 0) is 31.7 Å². The summed E-state index contributed by atoms with van der Waals surface area (Å²) in [5, 5.41) is 0. The highest BCUT2D eigenvalue weighted by Gasteiger charge is 2.27. The van der Waals surface area contributed by atoms with Crippen LogP contribution in [0, 0.1) is 0 Å². The van der Waals surface area contributed by atoms with Gasteiger partial charge in [-0.3, -0.25) is 4.90 Å². The summed E-state index contributed by atoms with van der Waals surface area (Å²) in [6.07, 6.45) is 8.54. The van der Waals surface area contributed by atoms with Crippen molar-refractivity contribution < 1.29 is 0 Å². The van der Waals surface area contributed by atoms with Crippen LogP contribution in [-0.4, -0.2) is 53.1 Å². The predicted molar refractivity (Wildman–Crippen MR) is 76.0 cm³/mol. The van der Waals surface area contributed by atoms with E-state index >= 15 is 0 Å². The number of piperazine rings is 1. The van der Waals surface area contributed by atoms with E-state index in [4.69, 9.17) is 5.73 Å². The zero-order chi connectivity index (χ0) is 13.1. The van der Waals surface area contributed by atoms with Crippen molar-refractivity contribution in [2.24, 2.45) is 5.73 Å². The van der Waals surface area contributed by atoms with E-state index in [1.165, 1.54) is 25.7 Å². The number of nitrogens with zero attached hydrogens (tertiary/aromatic N) is 4. The van der Waals surface area contributed by atoms with Gasteiger partial charge < -0.3 is 10.6 Å². The number of hydrogen-bond acceptors (Lipinski definition) is 5. The second-order valence-electron chi connectivity index (χ2n) is 5.64. The van der Waals surface area contributed by atoms with Crippen LogP contribution in [0.4, 0.5) is 5.95 Å². The molecule has 0 unspecified atom stereocenters. The molecule has 5 heteroatoms. The van der Waals surface area contributed by atoms with E-state index in [0.717, 1.165) is 38.2 Å². The molecule has 1 aliphatic heterocycles. The third kappa shape index (κ3) is 3.04. The smallest absolute Gasteiger partial charge is 0.225 e. The van der Waals surface area contributed by atoms with Crippen molar-refractivity contribution in [3.8, 4) is 0 Å². The molecule has 1 aromatic heterocycles. The van der Waals surface area contributed by atoms with Crippen LogP contribution in [0.2, 0.25) is 0 Å². The SMILES string of the molecule is N[C@H]1CC[C@H](N2CCN(c3ncccn3)CC2)CC1. The monoisotopic (exact) mass is 261 g/mol. The van der Waals surface area contributed by atoms with Gasteiger partial charge >= 0.3 is 0 Å². The molecule has 2 aliphatic rings. The Morgan fingerprint density at radius 1 is 0.947 bits per heavy atom. The second-order valence-corrected chi connectivity index (χ2v) is 5.64. The van der Waals surface area contributed by atoms with Gasteiger partial charge in [0.15, 0.2) is 0 Å². The molecule has 19 heavy (non-hydrogen) atoms. The number of aromatic nitrogens is 2. The van der Waals surface area contributed by atoms with E-state index in [1.54, 1.807) is 0 Å². The Morgan fingerprint density at radius 2 is 1.58 bits per heavy atom. The van der Waals surface area contributed by atoms with Crippen molar-refractivity contribution in [1.29, 1.82) is 0 Å². The Labute approximate surface area is 114 Å². The van der Waals surface area contributed by atoms with Crippen LogP contribution in [0.5, 0.6) is 0 Å². The van der Waals surface area contributed by atoms with Gasteiger partial charge in [-0.1, -0.05) is 0 Å². The summed E-state index contributed by atoms with van der Waals surface area (Å²) in [7, 11) is 0. The minimum atomic E-state index is 0.440. The van der Waals surface area contributed by atoms with E-state index in [0.29, 0.717) is 6.04 Å². The van der Waals surface area contributed by atoms with Crippen LogP contribution < -0.4 is 10.6 Å². The van der Waals surface area contributed by atoms with Crippen molar-refractivity contribution in [3.05, 3.63) is 18.5 Å². The Morgan fingerprint density at radius 3 is 2.21 bits per heavy atom. The zero-order valence-electron chi connectivity index (χ0n) is 11.4. The van der Waals surface area contributed by atoms with Gasteiger partial charge in [0.05, 0.1) is 0 Å². The zero-order valence-corrected chi connectivity index (χ0v) is 11.4. The van der Waals surface area contributed by atoms with Crippen molar-refractivity contribution in [2.45, 2.75) is 37.8 Å². The minimum absolute atomic E-state index is 0.440. The maximum absolute atomic E-state index is 5.98. The highest BCUT2D eigenvalue weighted by atomic mass is 15.3. The summed E-state index contributed by atoms with van der Waals surface area (Å²) >= 11 is 0. The van der Waals surface area contributed by atoms with Crippen molar-refractivity contribution in [1.82, 2.24) is 14.9 Å². The van der Waals surface area contributed by atoms with Crippen LogP contribution in [0.3, 0.4) is 0 Å². The van der Waals surface area contributed by atoms with E-state index in [2.05, 4.69) is 19.8 Å². The van der Waals surface area contributed by atoms with E-state index in [1.807, 2.05) is 18.5 Å². The highest BCUT2D eigenvalue weighted by molar-refractivity contribution is 5.29. The molecule has 2 heterocycles. The van der Waals surface area contributed by atoms with Crippen LogP contribution in [-0.2, 0) is 0 Å². The van der Waals surface area contributed by atoms with E-state index < -0.39 is 0 Å². The maximum Gasteiger partial charge on any atom is 0.225 e. The van der Waals surface area contributed by atoms with Crippen LogP contribution in [0.1, 0.15) is 25.7 Å². The first-order chi connectivity index (χ1) is 9.33. The fraction of sp³-hybridized carbons (Fsp3) is 0.714. The molecule has 0 atom stereocenters. The highest BCUT2D eigenvalue weighted by Crippen LogP contribution is 2.23. The largest absolute Gasteiger partial charge is 0.338 e. The van der Waals surface area contributed by atoms with E-state index in [-0.39, 0.29) is 0 Å². The van der Waals surface area contributed by atoms with Gasteiger partial charge in [-0.15, -0.1) is 0 Å². The van der Waals surface area contributed by atoms with Crippen molar-refractivity contribution in [2.75, 3.05) is 31.1 Å². The topological polar surface area (TPSA) is 58.3 Å². The van der Waals surface area contributed by atoms with Crippen LogP contribution in [0.25, 0.3) is 0 Å². The van der Waals surface area contributed by atoms with Gasteiger partial charge in [0.2, 0.25) is 5.95 Å². The predicted octanol–water partition coefficient (Wildman–Crippen LogP) is 0.868. The summed E-state index contributed by atoms with van der Waals surface area (Å²) in [4.78, 5) is 13.6. The summed E-state index contributed by atoms with van der Waals surface area (Å²) < 4.78 is 0. The van der Waals surface area contributed by atoms with E-state index in [9.17, 15) is 0 Å². The Balaban J connectivity index is 1.52. The molecular formula is C14H23N5. The number of rotatable bonds is 2. The second kappa shape index (κ2) is 5.84. The summed E-state index contributed by atoms with van der Waals surface area (Å²) in [6.45, 7) is 4.31. The average Bonchev–Trinajstić information content (AvgIpc) is 2.49. The lowest BCUT2D eigenvalue weighted by molar-refractivity contribution is 0.141. The molecule has 2 fully saturated rings. The maximum atomic E-state index is 5.98. The molecule has 0 spiro atoms. The average molecular weight is 261 g/mol. The summed E-state index contributed by atoms with van der Waals surface area (Å²) in [5.41, 5.74) is 5.98. The molecule has 104 valence electrons. The fourth-order valence-corrected chi connectivity index (χ4v) is 3.21. The van der Waals surface area contributed by atoms with Crippen LogP contribution in [0.15, 0.2) is 18.5 Å². The molecule has 1 saturated heterocycles. The van der Waals surface area contributed by atoms with Gasteiger partial charge in [-0.2, -0.15) is 0 Å². The van der Waals surface area contributed by atoms with Crippen molar-refractivity contribution >= 4 is 5.95 Å². The Bertz CT molecular complexity index is 380. The molecule has 1 aromatic rings. The molecule has 0 amide bonds. The molecular weight excluding hydrogens is 238 g/mol. The number of nitrogens with two attached hydrogens (primary N) is 1. The molecule has 3 rings (SSSR count). The molecule has 0 bridgehead atoms. The molecule has 0 aromatic carbocycles. The quantitative estimate of drug-likeness (QED) is 0.856. The minimum Gasteiger partial charge on any atom is -0.338 e. The lowest BCUT2D eigenvalue weighted by atomic mass is 9.90. The number of anilines is 1. The lowest BCUT2D eigenvalue weighted by Crippen LogP contribution is -2.52. The molecule has 1 saturated carbocycles. The first-order valence-electron chi connectivity index (χ1n) is 7.34. The van der Waals surface area contributed by atoms with Gasteiger partial charge in [-0.25, -0.2) is 9.97 Å². The molecule has 5 nitrogen and oxygen atoms in total. The normalized spacial score (nSPS) is 29.4. The van der Waals surface area contributed by atoms with Crippen molar-refractivity contribution in [3.63, 3.8) is 0 Å². The third-order valence-corrected chi connectivity index (χ3v) is 4.41. The summed E-state index contributed by atoms with van der Waals surface area (Å²) in [5.74, 6) is 0.868. The lowest BCUT2D eigenvalue weighted by Gasteiger charge is -2.41. The molecule has 2 N–H and O–H groups in total. The summed E-state index contributed by atoms with van der Waals surface area (Å²) in [6, 6.07) is 3.05. The molecule has 0 radical (unpaired) electrons. The van der Waals surface area contributed by atoms with Crippen LogP contribution >= 0.6 is 0 Å². The first-order valence-corrected chi connectivity index (χ1v) is 7.34. The fourth-order valence-electron chi connectivity index (χ4n) is 3.21. The van der Waals surface area contributed by atoms with Gasteiger partial charge in [0.25, 0.3) is 0 Å². The van der Waals surface area contributed by atoms with Gasteiger partial charge in [0, 0.05) is 50.7 Å². The third-order valence-electron chi connectivity index (χ3n) is 4.41. The first kappa shape index (κ1) is 12.8.